The number of benzene rings is 1. The quantitative estimate of drug-likeness (QED) is 0.662. The first-order valence-electron chi connectivity index (χ1n) is 5.65. The van der Waals surface area contributed by atoms with Crippen LogP contribution in [0.4, 0.5) is 0 Å². The summed E-state index contributed by atoms with van der Waals surface area (Å²) in [5.74, 6) is -0.481. The first-order chi connectivity index (χ1) is 10.1. The van der Waals surface area contributed by atoms with Gasteiger partial charge in [-0.1, -0.05) is 53.5 Å². The van der Waals surface area contributed by atoms with E-state index in [0.29, 0.717) is 5.57 Å². The zero-order valence-corrected chi connectivity index (χ0v) is 12.8. The maximum Gasteiger partial charge on any atom is 0.282 e. The molecule has 1 amide bonds. The Hall–Kier alpha value is -2.07. The van der Waals surface area contributed by atoms with Crippen LogP contribution in [0, 0.1) is 11.3 Å². The molecule has 106 valence electrons. The molecule has 1 aromatic heterocycles. The zero-order chi connectivity index (χ0) is 15.2. The number of allylic oxidation sites excluding steroid dienone is 1. The molecular formula is C13H8Cl2N4OS. The Bertz CT molecular complexity index is 722. The highest BCUT2D eigenvalue weighted by Gasteiger charge is 2.16. The van der Waals surface area contributed by atoms with E-state index < -0.39 is 5.91 Å². The molecule has 5 nitrogen and oxygen atoms in total. The average molecular weight is 339 g/mol. The maximum atomic E-state index is 11.8. The third-order valence-corrected chi connectivity index (χ3v) is 4.21. The van der Waals surface area contributed by atoms with Crippen molar-refractivity contribution in [2.45, 2.75) is 0 Å². The lowest BCUT2D eigenvalue weighted by Crippen LogP contribution is -2.33. The molecule has 0 fully saturated rings. The third-order valence-electron chi connectivity index (χ3n) is 2.41. The fourth-order valence-corrected chi connectivity index (χ4v) is 2.54. The summed E-state index contributed by atoms with van der Waals surface area (Å²) in [6, 6.07) is 11.1. The number of carbonyl (C=O) groups is 1. The smallest absolute Gasteiger partial charge is 0.282 e. The minimum absolute atomic E-state index is 0.0874. The Balaban J connectivity index is 2.03. The molecule has 0 aliphatic carbocycles. The molecule has 0 aliphatic rings. The van der Waals surface area contributed by atoms with Crippen LogP contribution >= 0.6 is 34.7 Å². The van der Waals surface area contributed by atoms with Crippen molar-refractivity contribution in [3.8, 4) is 6.07 Å². The van der Waals surface area contributed by atoms with Gasteiger partial charge in [-0.15, -0.1) is 0 Å². The van der Waals surface area contributed by atoms with E-state index in [-0.39, 0.29) is 15.1 Å². The van der Waals surface area contributed by atoms with Gasteiger partial charge in [-0.3, -0.25) is 10.2 Å². The maximum absolute atomic E-state index is 11.8. The van der Waals surface area contributed by atoms with Crippen LogP contribution in [0.2, 0.25) is 10.2 Å². The average Bonchev–Trinajstić information content (AvgIpc) is 2.84. The lowest BCUT2D eigenvalue weighted by atomic mass is 10.1. The van der Waals surface area contributed by atoms with Gasteiger partial charge < -0.3 is 5.43 Å². The zero-order valence-electron chi connectivity index (χ0n) is 10.4. The number of hydrogen-bond donors (Lipinski definition) is 2. The molecule has 1 aromatic carbocycles. The molecule has 0 aliphatic heterocycles. The lowest BCUT2D eigenvalue weighted by Gasteiger charge is -2.04. The molecule has 2 rings (SSSR count). The van der Waals surface area contributed by atoms with E-state index in [1.807, 2.05) is 24.3 Å². The molecule has 21 heavy (non-hydrogen) atoms. The second-order valence-electron chi connectivity index (χ2n) is 3.75. The molecule has 0 spiro atoms. The number of halogens is 2. The van der Waals surface area contributed by atoms with Crippen LogP contribution in [-0.4, -0.2) is 10.3 Å². The van der Waals surface area contributed by atoms with E-state index in [2.05, 4.69) is 15.2 Å². The number of hydrazine groups is 1. The van der Waals surface area contributed by atoms with Crippen LogP contribution in [-0.2, 0) is 0 Å². The molecule has 8 heteroatoms. The standard InChI is InChI=1S/C13H8Cl2N4OS/c14-10-11(21-19-12(10)15)13(20)18-17-7-9(6-16)8-4-2-1-3-5-8/h1-5,7,17H,(H,18,20)/b9-7+. The van der Waals surface area contributed by atoms with Gasteiger partial charge in [0.2, 0.25) is 0 Å². The molecule has 2 aromatic rings. The largest absolute Gasteiger partial charge is 0.304 e. The van der Waals surface area contributed by atoms with Crippen LogP contribution in [0.1, 0.15) is 15.2 Å². The van der Waals surface area contributed by atoms with Gasteiger partial charge in [0, 0.05) is 6.20 Å². The SMILES string of the molecule is N#C/C(=C\NNC(=O)c1snc(Cl)c1Cl)c1ccccc1. The summed E-state index contributed by atoms with van der Waals surface area (Å²) >= 11 is 12.4. The number of nitriles is 1. The van der Waals surface area contributed by atoms with Gasteiger partial charge in [0.1, 0.15) is 16.0 Å². The highest BCUT2D eigenvalue weighted by atomic mass is 35.5. The fraction of sp³-hybridized carbons (Fsp3) is 0. The predicted molar refractivity (Wildman–Crippen MR) is 82.8 cm³/mol. The van der Waals surface area contributed by atoms with Crippen molar-refractivity contribution in [1.29, 1.82) is 5.26 Å². The van der Waals surface area contributed by atoms with Crippen LogP contribution in [0.3, 0.4) is 0 Å². The molecule has 0 saturated carbocycles. The Morgan fingerprint density at radius 1 is 1.33 bits per heavy atom. The molecule has 0 bridgehead atoms. The van der Waals surface area contributed by atoms with Crippen molar-refractivity contribution in [3.63, 3.8) is 0 Å². The van der Waals surface area contributed by atoms with Crippen molar-refractivity contribution in [1.82, 2.24) is 15.2 Å². The summed E-state index contributed by atoms with van der Waals surface area (Å²) in [4.78, 5) is 12.0. The van der Waals surface area contributed by atoms with Crippen molar-refractivity contribution in [2.75, 3.05) is 0 Å². The van der Waals surface area contributed by atoms with Crippen LogP contribution < -0.4 is 10.9 Å². The topological polar surface area (TPSA) is 77.8 Å². The van der Waals surface area contributed by atoms with Crippen LogP contribution in [0.15, 0.2) is 36.5 Å². The summed E-state index contributed by atoms with van der Waals surface area (Å²) < 4.78 is 3.76. The minimum Gasteiger partial charge on any atom is -0.304 e. The van der Waals surface area contributed by atoms with Gasteiger partial charge in [-0.2, -0.15) is 9.64 Å². The number of carbonyl (C=O) groups excluding carboxylic acids is 1. The number of nitrogens with one attached hydrogen (secondary N) is 2. The Labute approximate surface area is 134 Å². The highest BCUT2D eigenvalue weighted by Crippen LogP contribution is 2.28. The van der Waals surface area contributed by atoms with E-state index in [1.165, 1.54) is 6.20 Å². The van der Waals surface area contributed by atoms with Crippen molar-refractivity contribution in [2.24, 2.45) is 0 Å². The first kappa shape index (κ1) is 15.3. The van der Waals surface area contributed by atoms with Crippen LogP contribution in [0.25, 0.3) is 5.57 Å². The van der Waals surface area contributed by atoms with E-state index in [0.717, 1.165) is 17.1 Å². The Kier molecular flexibility index (Phi) is 5.17. The summed E-state index contributed by atoms with van der Waals surface area (Å²) in [6.45, 7) is 0. The van der Waals surface area contributed by atoms with E-state index in [4.69, 9.17) is 28.5 Å². The number of rotatable bonds is 4. The van der Waals surface area contributed by atoms with Gasteiger partial charge in [0.05, 0.1) is 5.57 Å². The van der Waals surface area contributed by atoms with Gasteiger partial charge in [0.15, 0.2) is 5.15 Å². The monoisotopic (exact) mass is 338 g/mol. The number of hydrogen-bond acceptors (Lipinski definition) is 5. The van der Waals surface area contributed by atoms with Gasteiger partial charge in [-0.05, 0) is 17.1 Å². The molecule has 2 N–H and O–H groups in total. The van der Waals surface area contributed by atoms with Gasteiger partial charge in [0.25, 0.3) is 5.91 Å². The Morgan fingerprint density at radius 3 is 2.62 bits per heavy atom. The molecule has 1 heterocycles. The summed E-state index contributed by atoms with van der Waals surface area (Å²) in [6.07, 6.45) is 1.39. The molecular weight excluding hydrogens is 331 g/mol. The minimum atomic E-state index is -0.481. The van der Waals surface area contributed by atoms with E-state index in [1.54, 1.807) is 12.1 Å². The molecule has 0 radical (unpaired) electrons. The summed E-state index contributed by atoms with van der Waals surface area (Å²) in [5, 5.41) is 9.28. The molecule has 0 saturated heterocycles. The molecule has 0 unspecified atom stereocenters. The predicted octanol–water partition coefficient (Wildman–Crippen LogP) is 3.25. The second kappa shape index (κ2) is 7.09. The fourth-order valence-electron chi connectivity index (χ4n) is 1.43. The number of amides is 1. The van der Waals surface area contributed by atoms with Gasteiger partial charge >= 0.3 is 0 Å². The first-order valence-corrected chi connectivity index (χ1v) is 7.18. The highest BCUT2D eigenvalue weighted by molar-refractivity contribution is 7.09. The van der Waals surface area contributed by atoms with E-state index >= 15 is 0 Å². The summed E-state index contributed by atoms with van der Waals surface area (Å²) in [5.41, 5.74) is 6.08. The van der Waals surface area contributed by atoms with Crippen LogP contribution in [0.5, 0.6) is 0 Å². The Morgan fingerprint density at radius 2 is 2.05 bits per heavy atom. The molecule has 0 atom stereocenters. The number of nitrogens with zero attached hydrogens (tertiary/aromatic N) is 2. The lowest BCUT2D eigenvalue weighted by molar-refractivity contribution is 0.0945. The summed E-state index contributed by atoms with van der Waals surface area (Å²) in [7, 11) is 0. The normalized spacial score (nSPS) is 10.8. The number of aromatic nitrogens is 1. The van der Waals surface area contributed by atoms with E-state index in [9.17, 15) is 4.79 Å². The van der Waals surface area contributed by atoms with Crippen molar-refractivity contribution in [3.05, 3.63) is 57.1 Å². The van der Waals surface area contributed by atoms with Crippen molar-refractivity contribution >= 4 is 46.2 Å². The van der Waals surface area contributed by atoms with Gasteiger partial charge in [-0.25, -0.2) is 0 Å². The third kappa shape index (κ3) is 3.73. The van der Waals surface area contributed by atoms with Crippen molar-refractivity contribution < 1.29 is 4.79 Å². The second-order valence-corrected chi connectivity index (χ2v) is 5.26.